The zero-order chi connectivity index (χ0) is 24.6. The first kappa shape index (κ1) is 24.9. The SMILES string of the molecule is CC(CC(=O)Cc1sc2c(c1C#N)CCC(COC(=O)CCCn1ccnc1)C2)c1ccccc1. The van der Waals surface area contributed by atoms with Crippen LogP contribution in [0, 0.1) is 17.2 Å². The molecule has 0 bridgehead atoms. The second kappa shape index (κ2) is 11.9. The Kier molecular flexibility index (Phi) is 8.49. The van der Waals surface area contributed by atoms with Crippen molar-refractivity contribution in [1.82, 2.24) is 9.55 Å². The maximum Gasteiger partial charge on any atom is 0.305 e. The molecule has 1 aromatic carbocycles. The average Bonchev–Trinajstić information content (AvgIpc) is 3.50. The summed E-state index contributed by atoms with van der Waals surface area (Å²) in [6.45, 7) is 3.23. The number of ketones is 1. The highest BCUT2D eigenvalue weighted by Gasteiger charge is 2.27. The number of carbonyl (C=O) groups is 2. The third-order valence-electron chi connectivity index (χ3n) is 6.65. The lowest BCUT2D eigenvalue weighted by atomic mass is 9.87. The molecule has 3 aromatic rings. The molecule has 35 heavy (non-hydrogen) atoms. The molecule has 0 N–H and O–H groups in total. The molecule has 0 saturated carbocycles. The molecular formula is C28H31N3O3S. The number of hydrogen-bond acceptors (Lipinski definition) is 6. The Morgan fingerprint density at radius 1 is 1.31 bits per heavy atom. The van der Waals surface area contributed by atoms with Crippen LogP contribution in [0.3, 0.4) is 0 Å². The lowest BCUT2D eigenvalue weighted by Gasteiger charge is -2.22. The van der Waals surface area contributed by atoms with Gasteiger partial charge in [-0.1, -0.05) is 37.3 Å². The maximum absolute atomic E-state index is 12.8. The Balaban J connectivity index is 1.28. The minimum atomic E-state index is -0.168. The van der Waals surface area contributed by atoms with Crippen LogP contribution in [0.25, 0.3) is 0 Å². The standard InChI is InChI=1S/C28H31N3O3S/c1-20(22-6-3-2-4-7-22)14-23(32)16-27-25(17-29)24-10-9-21(15-26(24)35-27)18-34-28(33)8-5-12-31-13-11-30-19-31/h2-4,6-7,11,13,19-21H,5,8-10,12,14-16,18H2,1H3. The number of thiophene rings is 1. The number of nitrogens with zero attached hydrogens (tertiary/aromatic N) is 3. The number of hydrogen-bond donors (Lipinski definition) is 0. The molecule has 0 spiro atoms. The van der Waals surface area contributed by atoms with Crippen molar-refractivity contribution in [1.29, 1.82) is 5.26 Å². The lowest BCUT2D eigenvalue weighted by molar-refractivity contribution is -0.145. The number of esters is 1. The molecule has 7 heteroatoms. The van der Waals surface area contributed by atoms with E-state index in [0.29, 0.717) is 31.4 Å². The zero-order valence-corrected chi connectivity index (χ0v) is 20.9. The summed E-state index contributed by atoms with van der Waals surface area (Å²) in [6.07, 6.45) is 9.73. The van der Waals surface area contributed by atoms with Gasteiger partial charge in [-0.05, 0) is 48.6 Å². The molecule has 2 aromatic heterocycles. The second-order valence-electron chi connectivity index (χ2n) is 9.34. The molecule has 0 aliphatic heterocycles. The molecule has 182 valence electrons. The van der Waals surface area contributed by atoms with Crippen LogP contribution in [0.2, 0.25) is 0 Å². The van der Waals surface area contributed by atoms with Gasteiger partial charge >= 0.3 is 5.97 Å². The van der Waals surface area contributed by atoms with Crippen LogP contribution in [0.1, 0.15) is 65.0 Å². The summed E-state index contributed by atoms with van der Waals surface area (Å²) >= 11 is 1.60. The first-order valence-electron chi connectivity index (χ1n) is 12.2. The largest absolute Gasteiger partial charge is 0.465 e. The molecule has 2 unspecified atom stereocenters. The van der Waals surface area contributed by atoms with Crippen molar-refractivity contribution < 1.29 is 14.3 Å². The van der Waals surface area contributed by atoms with Gasteiger partial charge in [0.25, 0.3) is 0 Å². The van der Waals surface area contributed by atoms with Crippen molar-refractivity contribution in [2.45, 2.75) is 64.3 Å². The van der Waals surface area contributed by atoms with E-state index in [2.05, 4.69) is 30.1 Å². The van der Waals surface area contributed by atoms with Crippen LogP contribution in [-0.2, 0) is 40.1 Å². The van der Waals surface area contributed by atoms with E-state index in [9.17, 15) is 14.9 Å². The van der Waals surface area contributed by atoms with Gasteiger partial charge in [0.1, 0.15) is 11.9 Å². The van der Waals surface area contributed by atoms with Crippen molar-refractivity contribution in [2.75, 3.05) is 6.61 Å². The lowest BCUT2D eigenvalue weighted by Crippen LogP contribution is -2.20. The molecular weight excluding hydrogens is 458 g/mol. The fraction of sp³-hybridized carbons (Fsp3) is 0.429. The van der Waals surface area contributed by atoms with E-state index in [-0.39, 0.29) is 23.6 Å². The number of fused-ring (bicyclic) bond motifs is 1. The molecule has 6 nitrogen and oxygen atoms in total. The van der Waals surface area contributed by atoms with Gasteiger partial charge in [0, 0.05) is 48.0 Å². The summed E-state index contributed by atoms with van der Waals surface area (Å²) in [6, 6.07) is 12.4. The Labute approximate surface area is 210 Å². The second-order valence-corrected chi connectivity index (χ2v) is 10.5. The van der Waals surface area contributed by atoms with Crippen molar-refractivity contribution in [3.63, 3.8) is 0 Å². The van der Waals surface area contributed by atoms with E-state index >= 15 is 0 Å². The van der Waals surface area contributed by atoms with Gasteiger partial charge in [-0.25, -0.2) is 4.98 Å². The van der Waals surface area contributed by atoms with Crippen LogP contribution in [0.4, 0.5) is 0 Å². The summed E-state index contributed by atoms with van der Waals surface area (Å²) in [5, 5.41) is 9.80. The maximum atomic E-state index is 12.8. The van der Waals surface area contributed by atoms with Crippen LogP contribution in [-0.4, -0.2) is 27.9 Å². The van der Waals surface area contributed by atoms with Crippen molar-refractivity contribution >= 4 is 23.1 Å². The third kappa shape index (κ3) is 6.67. The van der Waals surface area contributed by atoms with Crippen LogP contribution in [0.15, 0.2) is 49.1 Å². The number of Topliss-reactive ketones (excluding diaryl/α,β-unsaturated/α-hetero) is 1. The number of ether oxygens (including phenoxy) is 1. The monoisotopic (exact) mass is 489 g/mol. The quantitative estimate of drug-likeness (QED) is 0.344. The molecule has 0 fully saturated rings. The van der Waals surface area contributed by atoms with Gasteiger partial charge in [-0.2, -0.15) is 5.26 Å². The Morgan fingerprint density at radius 2 is 2.14 bits per heavy atom. The number of aromatic nitrogens is 2. The number of benzene rings is 1. The van der Waals surface area contributed by atoms with Gasteiger partial charge in [0.2, 0.25) is 0 Å². The molecule has 4 rings (SSSR count). The summed E-state index contributed by atoms with van der Waals surface area (Å²) in [5.74, 6) is 0.408. The fourth-order valence-corrected chi connectivity index (χ4v) is 6.16. The van der Waals surface area contributed by atoms with Crippen LogP contribution >= 0.6 is 11.3 Å². The summed E-state index contributed by atoms with van der Waals surface area (Å²) in [4.78, 5) is 31.0. The number of imidazole rings is 1. The van der Waals surface area contributed by atoms with Crippen molar-refractivity contribution in [3.8, 4) is 6.07 Å². The smallest absolute Gasteiger partial charge is 0.305 e. The first-order valence-corrected chi connectivity index (χ1v) is 13.1. The zero-order valence-electron chi connectivity index (χ0n) is 20.1. The van der Waals surface area contributed by atoms with Crippen molar-refractivity contribution in [3.05, 3.63) is 75.5 Å². The van der Waals surface area contributed by atoms with E-state index in [1.54, 1.807) is 23.9 Å². The molecule has 0 amide bonds. The van der Waals surface area contributed by atoms with Gasteiger partial charge in [0.15, 0.2) is 0 Å². The average molecular weight is 490 g/mol. The minimum absolute atomic E-state index is 0.155. The molecule has 0 radical (unpaired) electrons. The minimum Gasteiger partial charge on any atom is -0.465 e. The number of aryl methyl sites for hydroxylation is 1. The van der Waals surface area contributed by atoms with E-state index in [0.717, 1.165) is 48.2 Å². The first-order chi connectivity index (χ1) is 17.0. The summed E-state index contributed by atoms with van der Waals surface area (Å²) < 4.78 is 7.50. The molecule has 2 heterocycles. The van der Waals surface area contributed by atoms with E-state index in [1.807, 2.05) is 29.0 Å². The number of rotatable bonds is 11. The van der Waals surface area contributed by atoms with Gasteiger partial charge < -0.3 is 9.30 Å². The van der Waals surface area contributed by atoms with E-state index < -0.39 is 0 Å². The topological polar surface area (TPSA) is 85.0 Å². The Hall–Kier alpha value is -3.24. The molecule has 1 aliphatic rings. The third-order valence-corrected chi connectivity index (χ3v) is 7.90. The Morgan fingerprint density at radius 3 is 2.89 bits per heavy atom. The van der Waals surface area contributed by atoms with E-state index in [4.69, 9.17) is 4.74 Å². The number of nitriles is 1. The highest BCUT2D eigenvalue weighted by atomic mass is 32.1. The number of carbonyl (C=O) groups excluding carboxylic acids is 2. The van der Waals surface area contributed by atoms with Gasteiger partial charge in [-0.3, -0.25) is 9.59 Å². The molecule has 0 saturated heterocycles. The van der Waals surface area contributed by atoms with Crippen LogP contribution in [0.5, 0.6) is 0 Å². The van der Waals surface area contributed by atoms with E-state index in [1.165, 1.54) is 4.88 Å². The summed E-state index contributed by atoms with van der Waals surface area (Å²) in [7, 11) is 0. The summed E-state index contributed by atoms with van der Waals surface area (Å²) in [5.41, 5.74) is 2.95. The highest BCUT2D eigenvalue weighted by Crippen LogP contribution is 2.37. The molecule has 1 aliphatic carbocycles. The normalized spacial score (nSPS) is 15.7. The van der Waals surface area contributed by atoms with Gasteiger partial charge in [0.05, 0.1) is 18.5 Å². The predicted molar refractivity (Wildman–Crippen MR) is 135 cm³/mol. The highest BCUT2D eigenvalue weighted by molar-refractivity contribution is 7.12. The predicted octanol–water partition coefficient (Wildman–Crippen LogP) is 5.25. The molecule has 2 atom stereocenters. The van der Waals surface area contributed by atoms with Crippen molar-refractivity contribution in [2.24, 2.45) is 5.92 Å². The van der Waals surface area contributed by atoms with Crippen LogP contribution < -0.4 is 0 Å². The Bertz CT molecular complexity index is 1180. The van der Waals surface area contributed by atoms with Gasteiger partial charge in [-0.15, -0.1) is 11.3 Å². The fourth-order valence-electron chi connectivity index (χ4n) is 4.71.